The summed E-state index contributed by atoms with van der Waals surface area (Å²) in [4.78, 5) is 23.6. The maximum atomic E-state index is 11.6. The molecule has 92 valence electrons. The van der Waals surface area contributed by atoms with Gasteiger partial charge in [-0.25, -0.2) is 9.59 Å². The molecular weight excluding hydrogens is 210 g/mol. The lowest BCUT2D eigenvalue weighted by Crippen LogP contribution is -2.44. The molecule has 0 aliphatic rings. The van der Waals surface area contributed by atoms with Crippen molar-refractivity contribution in [2.75, 3.05) is 7.05 Å². The lowest BCUT2D eigenvalue weighted by atomic mass is 10.2. The van der Waals surface area contributed by atoms with Crippen LogP contribution in [0.5, 0.6) is 0 Å². The first-order chi connectivity index (χ1) is 7.19. The second-order valence-corrected chi connectivity index (χ2v) is 4.47. The molecular formula is C11H19NO4. The summed E-state index contributed by atoms with van der Waals surface area (Å²) in [6, 6.07) is -0.938. The number of carbonyl (C=O) groups excluding carboxylic acids is 1. The number of hydrogen-bond donors (Lipinski definition) is 1. The van der Waals surface area contributed by atoms with E-state index in [4.69, 9.17) is 9.84 Å². The quantitative estimate of drug-likeness (QED) is 0.747. The molecule has 0 saturated carbocycles. The highest BCUT2D eigenvalue weighted by Gasteiger charge is 2.28. The van der Waals surface area contributed by atoms with Gasteiger partial charge >= 0.3 is 12.1 Å². The van der Waals surface area contributed by atoms with Gasteiger partial charge in [0, 0.05) is 7.05 Å². The van der Waals surface area contributed by atoms with E-state index in [9.17, 15) is 9.59 Å². The highest BCUT2D eigenvalue weighted by Crippen LogP contribution is 2.12. The summed E-state index contributed by atoms with van der Waals surface area (Å²) >= 11 is 0. The van der Waals surface area contributed by atoms with Gasteiger partial charge in [0.25, 0.3) is 0 Å². The van der Waals surface area contributed by atoms with Crippen LogP contribution >= 0.6 is 0 Å². The SMILES string of the molecule is C=CC[C@@H](C(=O)O)N(C)C(=O)OC(C)(C)C. The molecule has 0 aliphatic heterocycles. The van der Waals surface area contributed by atoms with Gasteiger partial charge in [0.15, 0.2) is 0 Å². The first-order valence-corrected chi connectivity index (χ1v) is 4.98. The minimum atomic E-state index is -1.08. The van der Waals surface area contributed by atoms with Crippen molar-refractivity contribution < 1.29 is 19.4 Å². The van der Waals surface area contributed by atoms with Crippen LogP contribution in [0.25, 0.3) is 0 Å². The molecule has 1 amide bonds. The fourth-order valence-corrected chi connectivity index (χ4v) is 1.04. The molecule has 0 heterocycles. The predicted octanol–water partition coefficient (Wildman–Crippen LogP) is 1.88. The first-order valence-electron chi connectivity index (χ1n) is 4.98. The van der Waals surface area contributed by atoms with E-state index in [0.717, 1.165) is 4.90 Å². The smallest absolute Gasteiger partial charge is 0.410 e. The predicted molar refractivity (Wildman–Crippen MR) is 60.2 cm³/mol. The van der Waals surface area contributed by atoms with Crippen LogP contribution in [0.2, 0.25) is 0 Å². The Kier molecular flexibility index (Phi) is 5.01. The van der Waals surface area contributed by atoms with Crippen molar-refractivity contribution in [1.29, 1.82) is 0 Å². The highest BCUT2D eigenvalue weighted by molar-refractivity contribution is 5.80. The van der Waals surface area contributed by atoms with Crippen molar-refractivity contribution in [2.24, 2.45) is 0 Å². The molecule has 0 radical (unpaired) electrons. The third-order valence-electron chi connectivity index (χ3n) is 1.82. The van der Waals surface area contributed by atoms with Crippen LogP contribution in [-0.2, 0) is 9.53 Å². The van der Waals surface area contributed by atoms with Crippen LogP contribution in [0.15, 0.2) is 12.7 Å². The van der Waals surface area contributed by atoms with Crippen molar-refractivity contribution in [1.82, 2.24) is 4.90 Å². The topological polar surface area (TPSA) is 66.8 Å². The van der Waals surface area contributed by atoms with Gasteiger partial charge in [0.05, 0.1) is 0 Å². The highest BCUT2D eigenvalue weighted by atomic mass is 16.6. The third-order valence-corrected chi connectivity index (χ3v) is 1.82. The second kappa shape index (κ2) is 5.53. The summed E-state index contributed by atoms with van der Waals surface area (Å²) < 4.78 is 5.07. The zero-order chi connectivity index (χ0) is 12.9. The van der Waals surface area contributed by atoms with E-state index in [-0.39, 0.29) is 6.42 Å². The summed E-state index contributed by atoms with van der Waals surface area (Å²) in [5.41, 5.74) is -0.636. The van der Waals surface area contributed by atoms with Gasteiger partial charge in [0.2, 0.25) is 0 Å². The molecule has 0 aromatic rings. The van der Waals surface area contributed by atoms with Gasteiger partial charge in [-0.15, -0.1) is 6.58 Å². The molecule has 0 rings (SSSR count). The van der Waals surface area contributed by atoms with Gasteiger partial charge in [-0.05, 0) is 27.2 Å². The van der Waals surface area contributed by atoms with Crippen molar-refractivity contribution in [3.63, 3.8) is 0 Å². The van der Waals surface area contributed by atoms with Crippen molar-refractivity contribution in [3.8, 4) is 0 Å². The Bertz CT molecular complexity index is 280. The minimum absolute atomic E-state index is 0.186. The average Bonchev–Trinajstić information content (AvgIpc) is 2.09. The summed E-state index contributed by atoms with van der Waals surface area (Å²) in [5, 5.41) is 8.92. The van der Waals surface area contributed by atoms with Gasteiger partial charge in [-0.2, -0.15) is 0 Å². The molecule has 0 spiro atoms. The molecule has 0 aliphatic carbocycles. The first kappa shape index (κ1) is 14.5. The molecule has 0 aromatic carbocycles. The van der Waals surface area contributed by atoms with Crippen LogP contribution in [0.3, 0.4) is 0 Å². The molecule has 0 unspecified atom stereocenters. The molecule has 0 aromatic heterocycles. The number of ether oxygens (including phenoxy) is 1. The van der Waals surface area contributed by atoms with Crippen molar-refractivity contribution in [2.45, 2.75) is 38.8 Å². The number of amides is 1. The van der Waals surface area contributed by atoms with Crippen LogP contribution < -0.4 is 0 Å². The lowest BCUT2D eigenvalue weighted by molar-refractivity contribution is -0.142. The van der Waals surface area contributed by atoms with Crippen LogP contribution in [-0.4, -0.2) is 40.8 Å². The number of carboxylic acid groups (broad SMARTS) is 1. The van der Waals surface area contributed by atoms with E-state index >= 15 is 0 Å². The van der Waals surface area contributed by atoms with Gasteiger partial charge in [-0.3, -0.25) is 4.90 Å². The van der Waals surface area contributed by atoms with E-state index in [2.05, 4.69) is 6.58 Å². The van der Waals surface area contributed by atoms with Crippen LogP contribution in [0.4, 0.5) is 4.79 Å². The van der Waals surface area contributed by atoms with E-state index in [1.807, 2.05) is 0 Å². The Morgan fingerprint density at radius 1 is 1.50 bits per heavy atom. The standard InChI is InChI=1S/C11H19NO4/c1-6-7-8(9(13)14)12(5)10(15)16-11(2,3)4/h6,8H,1,7H2,2-5H3,(H,13,14)/t8-/m0/s1. The number of hydrogen-bond acceptors (Lipinski definition) is 3. The lowest BCUT2D eigenvalue weighted by Gasteiger charge is -2.27. The Morgan fingerprint density at radius 2 is 2.00 bits per heavy atom. The normalized spacial score (nSPS) is 12.8. The monoisotopic (exact) mass is 229 g/mol. The average molecular weight is 229 g/mol. The number of nitrogens with zero attached hydrogens (tertiary/aromatic N) is 1. The summed E-state index contributed by atoms with van der Waals surface area (Å²) in [5.74, 6) is -1.08. The summed E-state index contributed by atoms with van der Waals surface area (Å²) in [6.07, 6.45) is 0.992. The molecule has 5 nitrogen and oxygen atoms in total. The third kappa shape index (κ3) is 4.82. The molecule has 1 N–H and O–H groups in total. The van der Waals surface area contributed by atoms with E-state index < -0.39 is 23.7 Å². The molecule has 0 fully saturated rings. The maximum absolute atomic E-state index is 11.6. The molecule has 0 bridgehead atoms. The van der Waals surface area contributed by atoms with Crippen molar-refractivity contribution in [3.05, 3.63) is 12.7 Å². The minimum Gasteiger partial charge on any atom is -0.480 e. The fourth-order valence-electron chi connectivity index (χ4n) is 1.04. The molecule has 0 saturated heterocycles. The Labute approximate surface area is 95.7 Å². The molecule has 16 heavy (non-hydrogen) atoms. The zero-order valence-corrected chi connectivity index (χ0v) is 10.2. The summed E-state index contributed by atoms with van der Waals surface area (Å²) in [6.45, 7) is 8.63. The van der Waals surface area contributed by atoms with E-state index in [0.29, 0.717) is 0 Å². The largest absolute Gasteiger partial charge is 0.480 e. The fraction of sp³-hybridized carbons (Fsp3) is 0.636. The Morgan fingerprint density at radius 3 is 2.31 bits per heavy atom. The molecule has 5 heteroatoms. The summed E-state index contributed by atoms with van der Waals surface area (Å²) in [7, 11) is 1.40. The van der Waals surface area contributed by atoms with E-state index in [1.54, 1.807) is 20.8 Å². The second-order valence-electron chi connectivity index (χ2n) is 4.47. The van der Waals surface area contributed by atoms with Gasteiger partial charge in [-0.1, -0.05) is 6.08 Å². The number of aliphatic carboxylic acids is 1. The van der Waals surface area contributed by atoms with Gasteiger partial charge < -0.3 is 9.84 Å². The molecule has 1 atom stereocenters. The zero-order valence-electron chi connectivity index (χ0n) is 10.2. The van der Waals surface area contributed by atoms with Gasteiger partial charge in [0.1, 0.15) is 11.6 Å². The number of rotatable bonds is 4. The number of likely N-dealkylation sites (N-methyl/N-ethyl adjacent to an activating group) is 1. The van der Waals surface area contributed by atoms with Crippen LogP contribution in [0.1, 0.15) is 27.2 Å². The maximum Gasteiger partial charge on any atom is 0.410 e. The van der Waals surface area contributed by atoms with Crippen molar-refractivity contribution >= 4 is 12.1 Å². The van der Waals surface area contributed by atoms with Crippen LogP contribution in [0, 0.1) is 0 Å². The number of carboxylic acids is 1. The Balaban J connectivity index is 4.61. The van der Waals surface area contributed by atoms with E-state index in [1.165, 1.54) is 13.1 Å². The Hall–Kier alpha value is -1.52. The number of carbonyl (C=O) groups is 2.